The summed E-state index contributed by atoms with van der Waals surface area (Å²) in [5.74, 6) is 0.832. The van der Waals surface area contributed by atoms with Gasteiger partial charge in [0.2, 0.25) is 0 Å². The van der Waals surface area contributed by atoms with Crippen molar-refractivity contribution in [3.63, 3.8) is 0 Å². The molecule has 96 valence electrons. The number of methoxy groups -OCH3 is 1. The quantitative estimate of drug-likeness (QED) is 0.941. The molecule has 1 N–H and O–H groups in total. The summed E-state index contributed by atoms with van der Waals surface area (Å²) in [5, 5.41) is 7.61. The molecule has 0 fully saturated rings. The van der Waals surface area contributed by atoms with Crippen molar-refractivity contribution in [3.8, 4) is 5.75 Å². The maximum Gasteiger partial charge on any atom is 0.121 e. The average molecular weight is 310 g/mol. The molecule has 0 aliphatic heterocycles. The van der Waals surface area contributed by atoms with Crippen LogP contribution in [0.15, 0.2) is 35.1 Å². The van der Waals surface area contributed by atoms with Gasteiger partial charge in [-0.15, -0.1) is 0 Å². The van der Waals surface area contributed by atoms with Gasteiger partial charge < -0.3 is 10.1 Å². The van der Waals surface area contributed by atoms with E-state index in [1.165, 1.54) is 0 Å². The molecule has 18 heavy (non-hydrogen) atoms. The van der Waals surface area contributed by atoms with E-state index >= 15 is 0 Å². The average Bonchev–Trinajstić information content (AvgIpc) is 2.79. The second kappa shape index (κ2) is 5.44. The van der Waals surface area contributed by atoms with Crippen molar-refractivity contribution in [2.24, 2.45) is 7.05 Å². The number of hydrogen-bond donors (Lipinski definition) is 1. The first-order valence-corrected chi connectivity index (χ1v) is 6.48. The SMILES string of the molecule is COc1ccc(Br)c(NC(C)c2cnn(C)c2)c1. The summed E-state index contributed by atoms with van der Waals surface area (Å²) in [5.41, 5.74) is 2.15. The standard InChI is InChI=1S/C13H16BrN3O/c1-9(10-7-15-17(2)8-10)16-13-6-11(18-3)4-5-12(13)14/h4-9,16H,1-3H3. The Kier molecular flexibility index (Phi) is 3.91. The number of aryl methyl sites for hydroxylation is 1. The lowest BCUT2D eigenvalue weighted by atomic mass is 10.2. The molecule has 0 amide bonds. The van der Waals surface area contributed by atoms with E-state index in [4.69, 9.17) is 4.74 Å². The van der Waals surface area contributed by atoms with Gasteiger partial charge in [0, 0.05) is 29.3 Å². The Morgan fingerprint density at radius 2 is 2.22 bits per heavy atom. The van der Waals surface area contributed by atoms with Crippen molar-refractivity contribution < 1.29 is 4.74 Å². The highest BCUT2D eigenvalue weighted by molar-refractivity contribution is 9.10. The van der Waals surface area contributed by atoms with Gasteiger partial charge >= 0.3 is 0 Å². The van der Waals surface area contributed by atoms with E-state index in [-0.39, 0.29) is 6.04 Å². The van der Waals surface area contributed by atoms with Crippen LogP contribution in [0.25, 0.3) is 0 Å². The highest BCUT2D eigenvalue weighted by Crippen LogP contribution is 2.30. The van der Waals surface area contributed by atoms with Crippen molar-refractivity contribution in [1.82, 2.24) is 9.78 Å². The number of aromatic nitrogens is 2. The van der Waals surface area contributed by atoms with Crippen molar-refractivity contribution in [2.75, 3.05) is 12.4 Å². The molecule has 0 spiro atoms. The second-order valence-electron chi connectivity index (χ2n) is 4.16. The Labute approximate surface area is 115 Å². The van der Waals surface area contributed by atoms with Crippen LogP contribution < -0.4 is 10.1 Å². The van der Waals surface area contributed by atoms with Crippen molar-refractivity contribution >= 4 is 21.6 Å². The summed E-state index contributed by atoms with van der Waals surface area (Å²) >= 11 is 3.53. The molecule has 1 unspecified atom stereocenters. The molecule has 0 saturated heterocycles. The van der Waals surface area contributed by atoms with Crippen LogP contribution in [0.2, 0.25) is 0 Å². The fourth-order valence-corrected chi connectivity index (χ4v) is 2.08. The Morgan fingerprint density at radius 1 is 1.44 bits per heavy atom. The molecule has 0 saturated carbocycles. The smallest absolute Gasteiger partial charge is 0.121 e. The molecule has 0 radical (unpaired) electrons. The van der Waals surface area contributed by atoms with Crippen LogP contribution in [-0.4, -0.2) is 16.9 Å². The monoisotopic (exact) mass is 309 g/mol. The Hall–Kier alpha value is -1.49. The first-order chi connectivity index (χ1) is 8.60. The molecular formula is C13H16BrN3O. The first-order valence-electron chi connectivity index (χ1n) is 5.69. The van der Waals surface area contributed by atoms with Crippen molar-refractivity contribution in [1.29, 1.82) is 0 Å². The summed E-state index contributed by atoms with van der Waals surface area (Å²) in [6.07, 6.45) is 3.87. The van der Waals surface area contributed by atoms with Gasteiger partial charge in [-0.2, -0.15) is 5.10 Å². The molecule has 0 aliphatic rings. The van der Waals surface area contributed by atoms with E-state index in [9.17, 15) is 0 Å². The van der Waals surface area contributed by atoms with E-state index in [0.717, 1.165) is 21.5 Å². The summed E-state index contributed by atoms with van der Waals surface area (Å²) in [6, 6.07) is 6.04. The third-order valence-corrected chi connectivity index (χ3v) is 3.46. The van der Waals surface area contributed by atoms with E-state index in [1.54, 1.807) is 11.8 Å². The molecule has 1 atom stereocenters. The van der Waals surface area contributed by atoms with E-state index in [2.05, 4.69) is 33.3 Å². The summed E-state index contributed by atoms with van der Waals surface area (Å²) < 4.78 is 8.04. The molecule has 0 bridgehead atoms. The minimum atomic E-state index is 0.183. The summed E-state index contributed by atoms with van der Waals surface area (Å²) in [6.45, 7) is 2.10. The lowest BCUT2D eigenvalue weighted by Crippen LogP contribution is -2.06. The predicted octanol–water partition coefficient (Wildman–Crippen LogP) is 3.36. The highest BCUT2D eigenvalue weighted by atomic mass is 79.9. The zero-order valence-corrected chi connectivity index (χ0v) is 12.2. The third kappa shape index (κ3) is 2.85. The number of halogens is 1. The van der Waals surface area contributed by atoms with Gasteiger partial charge in [0.25, 0.3) is 0 Å². The van der Waals surface area contributed by atoms with Crippen LogP contribution in [0.5, 0.6) is 5.75 Å². The number of nitrogens with zero attached hydrogens (tertiary/aromatic N) is 2. The molecule has 1 aromatic carbocycles. The lowest BCUT2D eigenvalue weighted by molar-refractivity contribution is 0.415. The second-order valence-corrected chi connectivity index (χ2v) is 5.01. The van der Waals surface area contributed by atoms with Gasteiger partial charge in [-0.3, -0.25) is 4.68 Å². The molecule has 1 heterocycles. The highest BCUT2D eigenvalue weighted by Gasteiger charge is 2.10. The van der Waals surface area contributed by atoms with Gasteiger partial charge in [-0.05, 0) is 35.0 Å². The molecule has 2 aromatic rings. The van der Waals surface area contributed by atoms with Crippen LogP contribution in [0.4, 0.5) is 5.69 Å². The Bertz CT molecular complexity index is 539. The van der Waals surface area contributed by atoms with E-state index < -0.39 is 0 Å². The van der Waals surface area contributed by atoms with Gasteiger partial charge in [0.1, 0.15) is 5.75 Å². The number of anilines is 1. The van der Waals surface area contributed by atoms with Gasteiger partial charge in [-0.1, -0.05) is 0 Å². The molecule has 5 heteroatoms. The third-order valence-electron chi connectivity index (χ3n) is 2.77. The molecule has 2 rings (SSSR count). The zero-order chi connectivity index (χ0) is 13.1. The summed E-state index contributed by atoms with van der Waals surface area (Å²) in [4.78, 5) is 0. The lowest BCUT2D eigenvalue weighted by Gasteiger charge is -2.15. The minimum Gasteiger partial charge on any atom is -0.497 e. The number of ether oxygens (including phenoxy) is 1. The van der Waals surface area contributed by atoms with Crippen molar-refractivity contribution in [2.45, 2.75) is 13.0 Å². The van der Waals surface area contributed by atoms with Crippen LogP contribution in [0.3, 0.4) is 0 Å². The van der Waals surface area contributed by atoms with Crippen LogP contribution >= 0.6 is 15.9 Å². The zero-order valence-electron chi connectivity index (χ0n) is 10.6. The molecular weight excluding hydrogens is 294 g/mol. The topological polar surface area (TPSA) is 39.1 Å². The molecule has 0 aliphatic carbocycles. The molecule has 1 aromatic heterocycles. The fourth-order valence-electron chi connectivity index (χ4n) is 1.72. The van der Waals surface area contributed by atoms with Gasteiger partial charge in [0.05, 0.1) is 25.0 Å². The normalized spacial score (nSPS) is 12.2. The maximum atomic E-state index is 5.22. The summed E-state index contributed by atoms with van der Waals surface area (Å²) in [7, 11) is 3.58. The van der Waals surface area contributed by atoms with Gasteiger partial charge in [-0.25, -0.2) is 0 Å². The maximum absolute atomic E-state index is 5.22. The van der Waals surface area contributed by atoms with Crippen molar-refractivity contribution in [3.05, 3.63) is 40.6 Å². The number of rotatable bonds is 4. The van der Waals surface area contributed by atoms with E-state index in [0.29, 0.717) is 0 Å². The van der Waals surface area contributed by atoms with Gasteiger partial charge in [0.15, 0.2) is 0 Å². The number of hydrogen-bond acceptors (Lipinski definition) is 3. The first kappa shape index (κ1) is 13.0. The van der Waals surface area contributed by atoms with Crippen LogP contribution in [-0.2, 0) is 7.05 Å². The Balaban J connectivity index is 2.18. The predicted molar refractivity (Wildman–Crippen MR) is 75.9 cm³/mol. The van der Waals surface area contributed by atoms with Crippen LogP contribution in [0.1, 0.15) is 18.5 Å². The van der Waals surface area contributed by atoms with E-state index in [1.807, 2.05) is 37.6 Å². The largest absolute Gasteiger partial charge is 0.497 e. The van der Waals surface area contributed by atoms with Crippen LogP contribution in [0, 0.1) is 0 Å². The Morgan fingerprint density at radius 3 is 2.83 bits per heavy atom. The molecule has 4 nitrogen and oxygen atoms in total. The number of benzene rings is 1. The fraction of sp³-hybridized carbons (Fsp3) is 0.308. The minimum absolute atomic E-state index is 0.183. The number of nitrogens with one attached hydrogen (secondary N) is 1.